The van der Waals surface area contributed by atoms with Gasteiger partial charge in [0, 0.05) is 12.7 Å². The van der Waals surface area contributed by atoms with Gasteiger partial charge in [-0.2, -0.15) is 0 Å². The molecule has 0 saturated carbocycles. The predicted octanol–water partition coefficient (Wildman–Crippen LogP) is 2.01. The maximum absolute atomic E-state index is 12.5. The number of hydrogen-bond donors (Lipinski definition) is 2. The van der Waals surface area contributed by atoms with Gasteiger partial charge in [-0.05, 0) is 36.4 Å². The number of anilines is 2. The highest BCUT2D eigenvalue weighted by molar-refractivity contribution is 7.92. The molecule has 22 heavy (non-hydrogen) atoms. The van der Waals surface area contributed by atoms with Crippen molar-refractivity contribution in [2.24, 2.45) is 0 Å². The van der Waals surface area contributed by atoms with E-state index in [1.807, 2.05) is 6.07 Å². The van der Waals surface area contributed by atoms with E-state index in [1.165, 1.54) is 35.6 Å². The molecule has 0 saturated heterocycles. The Morgan fingerprint density at radius 2 is 1.68 bits per heavy atom. The molecule has 0 atom stereocenters. The van der Waals surface area contributed by atoms with Crippen LogP contribution < -0.4 is 9.62 Å². The highest BCUT2D eigenvalue weighted by Gasteiger charge is 2.20. The molecule has 0 aliphatic rings. The van der Waals surface area contributed by atoms with Crippen LogP contribution in [0.2, 0.25) is 0 Å². The van der Waals surface area contributed by atoms with Crippen LogP contribution in [0.4, 0.5) is 11.4 Å². The first-order valence-corrected chi connectivity index (χ1v) is 7.95. The number of rotatable bonds is 6. The molecule has 0 heterocycles. The van der Waals surface area contributed by atoms with E-state index >= 15 is 0 Å². The first kappa shape index (κ1) is 15.8. The Morgan fingerprint density at radius 3 is 2.23 bits per heavy atom. The molecular formula is C15H16N2O4S. The van der Waals surface area contributed by atoms with Gasteiger partial charge in [0.1, 0.15) is 6.54 Å². The molecule has 0 amide bonds. The van der Waals surface area contributed by atoms with Gasteiger partial charge in [0.2, 0.25) is 0 Å². The minimum atomic E-state index is -3.65. The van der Waals surface area contributed by atoms with Crippen molar-refractivity contribution in [1.29, 1.82) is 0 Å². The number of benzene rings is 2. The van der Waals surface area contributed by atoms with E-state index in [9.17, 15) is 13.2 Å². The van der Waals surface area contributed by atoms with Crippen molar-refractivity contribution in [3.63, 3.8) is 0 Å². The number of para-hydroxylation sites is 1. The summed E-state index contributed by atoms with van der Waals surface area (Å²) in [6, 6.07) is 14.7. The molecular weight excluding hydrogens is 304 g/mol. The highest BCUT2D eigenvalue weighted by Crippen LogP contribution is 2.22. The minimum absolute atomic E-state index is 0.139. The number of hydrogen-bond acceptors (Lipinski definition) is 4. The minimum Gasteiger partial charge on any atom is -0.480 e. The molecule has 0 aliphatic carbocycles. The van der Waals surface area contributed by atoms with Crippen LogP contribution >= 0.6 is 0 Å². The fourth-order valence-electron chi connectivity index (χ4n) is 1.86. The zero-order valence-electron chi connectivity index (χ0n) is 11.9. The molecule has 2 aromatic rings. The Kier molecular flexibility index (Phi) is 4.67. The summed E-state index contributed by atoms with van der Waals surface area (Å²) in [4.78, 5) is 10.6. The van der Waals surface area contributed by atoms with Gasteiger partial charge in [-0.25, -0.2) is 8.42 Å². The molecule has 0 bridgehead atoms. The van der Waals surface area contributed by atoms with Gasteiger partial charge in [-0.1, -0.05) is 18.2 Å². The van der Waals surface area contributed by atoms with Crippen LogP contribution in [0.5, 0.6) is 0 Å². The number of nitrogens with one attached hydrogen (secondary N) is 1. The van der Waals surface area contributed by atoms with Crippen molar-refractivity contribution in [2.75, 3.05) is 23.2 Å². The monoisotopic (exact) mass is 320 g/mol. The lowest BCUT2D eigenvalue weighted by atomic mass is 10.3. The third-order valence-electron chi connectivity index (χ3n) is 3.08. The van der Waals surface area contributed by atoms with Gasteiger partial charge in [0.05, 0.1) is 10.6 Å². The second-order valence-electron chi connectivity index (χ2n) is 4.58. The zero-order chi connectivity index (χ0) is 16.2. The van der Waals surface area contributed by atoms with Gasteiger partial charge in [0.15, 0.2) is 0 Å². The fourth-order valence-corrected chi connectivity index (χ4v) is 3.05. The largest absolute Gasteiger partial charge is 0.480 e. The van der Waals surface area contributed by atoms with Crippen LogP contribution in [0.1, 0.15) is 0 Å². The summed E-state index contributed by atoms with van der Waals surface area (Å²) in [6.45, 7) is -0.226. The molecule has 2 N–H and O–H groups in total. The Morgan fingerprint density at radius 1 is 1.09 bits per heavy atom. The lowest BCUT2D eigenvalue weighted by Gasteiger charge is -2.19. The third-order valence-corrected chi connectivity index (χ3v) is 4.88. The van der Waals surface area contributed by atoms with Gasteiger partial charge in [-0.3, -0.25) is 9.10 Å². The quantitative estimate of drug-likeness (QED) is 0.850. The predicted molar refractivity (Wildman–Crippen MR) is 84.6 cm³/mol. The molecule has 0 fully saturated rings. The average molecular weight is 320 g/mol. The SMILES string of the molecule is CN(c1ccccc1)S(=O)(=O)c1ccc(NCC(=O)O)cc1. The molecule has 0 spiro atoms. The number of nitrogens with zero attached hydrogens (tertiary/aromatic N) is 1. The first-order valence-electron chi connectivity index (χ1n) is 6.51. The fraction of sp³-hybridized carbons (Fsp3) is 0.133. The summed E-state index contributed by atoms with van der Waals surface area (Å²) in [6.07, 6.45) is 0. The second-order valence-corrected chi connectivity index (χ2v) is 6.55. The molecule has 0 radical (unpaired) electrons. The summed E-state index contributed by atoms with van der Waals surface area (Å²) < 4.78 is 26.2. The maximum Gasteiger partial charge on any atom is 0.322 e. The summed E-state index contributed by atoms with van der Waals surface area (Å²) >= 11 is 0. The molecule has 0 unspecified atom stereocenters. The standard InChI is InChI=1S/C15H16N2O4S/c1-17(13-5-3-2-4-6-13)22(20,21)14-9-7-12(8-10-14)16-11-15(18)19/h2-10,16H,11H2,1H3,(H,18,19). The van der Waals surface area contributed by atoms with Crippen molar-refractivity contribution in [2.45, 2.75) is 4.90 Å². The van der Waals surface area contributed by atoms with Crippen molar-refractivity contribution in [3.05, 3.63) is 54.6 Å². The van der Waals surface area contributed by atoms with E-state index in [0.717, 1.165) is 0 Å². The number of carbonyl (C=O) groups is 1. The van der Waals surface area contributed by atoms with Crippen LogP contribution in [-0.2, 0) is 14.8 Å². The van der Waals surface area contributed by atoms with Crippen LogP contribution in [0.25, 0.3) is 0 Å². The smallest absolute Gasteiger partial charge is 0.322 e. The van der Waals surface area contributed by atoms with Crippen LogP contribution in [0.3, 0.4) is 0 Å². The van der Waals surface area contributed by atoms with E-state index in [-0.39, 0.29) is 11.4 Å². The van der Waals surface area contributed by atoms with Crippen molar-refractivity contribution >= 4 is 27.4 Å². The Balaban J connectivity index is 2.21. The van der Waals surface area contributed by atoms with Crippen LogP contribution in [0, 0.1) is 0 Å². The molecule has 6 nitrogen and oxygen atoms in total. The second kappa shape index (κ2) is 6.48. The van der Waals surface area contributed by atoms with Crippen molar-refractivity contribution in [3.8, 4) is 0 Å². The summed E-state index contributed by atoms with van der Waals surface area (Å²) in [5, 5.41) is 11.3. The Labute approximate surface area is 129 Å². The molecule has 0 aliphatic heterocycles. The molecule has 7 heteroatoms. The maximum atomic E-state index is 12.5. The first-order chi connectivity index (χ1) is 10.4. The normalized spacial score (nSPS) is 11.0. The topological polar surface area (TPSA) is 86.7 Å². The highest BCUT2D eigenvalue weighted by atomic mass is 32.2. The average Bonchev–Trinajstić information content (AvgIpc) is 2.53. The van der Waals surface area contributed by atoms with Crippen LogP contribution in [0.15, 0.2) is 59.5 Å². The van der Waals surface area contributed by atoms with E-state index in [1.54, 1.807) is 24.3 Å². The number of carboxylic acid groups (broad SMARTS) is 1. The number of aliphatic carboxylic acids is 1. The number of sulfonamides is 1. The summed E-state index contributed by atoms with van der Waals surface area (Å²) in [7, 11) is -2.16. The van der Waals surface area contributed by atoms with E-state index in [2.05, 4.69) is 5.32 Å². The lowest BCUT2D eigenvalue weighted by Crippen LogP contribution is -2.26. The molecule has 116 valence electrons. The number of carboxylic acids is 1. The van der Waals surface area contributed by atoms with E-state index < -0.39 is 16.0 Å². The van der Waals surface area contributed by atoms with Gasteiger partial charge in [0.25, 0.3) is 10.0 Å². The molecule has 0 aromatic heterocycles. The Hall–Kier alpha value is -2.54. The zero-order valence-corrected chi connectivity index (χ0v) is 12.7. The molecule has 2 rings (SSSR count). The summed E-state index contributed by atoms with van der Waals surface area (Å²) in [5.74, 6) is -0.986. The summed E-state index contributed by atoms with van der Waals surface area (Å²) in [5.41, 5.74) is 1.11. The van der Waals surface area contributed by atoms with E-state index in [4.69, 9.17) is 5.11 Å². The third kappa shape index (κ3) is 3.56. The van der Waals surface area contributed by atoms with E-state index in [0.29, 0.717) is 11.4 Å². The van der Waals surface area contributed by atoms with Gasteiger partial charge < -0.3 is 10.4 Å². The Bertz CT molecular complexity index is 743. The van der Waals surface area contributed by atoms with Gasteiger partial charge >= 0.3 is 5.97 Å². The van der Waals surface area contributed by atoms with Gasteiger partial charge in [-0.15, -0.1) is 0 Å². The van der Waals surface area contributed by atoms with Crippen molar-refractivity contribution in [1.82, 2.24) is 0 Å². The lowest BCUT2D eigenvalue weighted by molar-refractivity contribution is -0.134. The van der Waals surface area contributed by atoms with Crippen LogP contribution in [-0.4, -0.2) is 33.1 Å². The molecule has 2 aromatic carbocycles. The van der Waals surface area contributed by atoms with Crippen molar-refractivity contribution < 1.29 is 18.3 Å².